The highest BCUT2D eigenvalue weighted by Crippen LogP contribution is 2.39. The molecule has 4 rings (SSSR count). The highest BCUT2D eigenvalue weighted by Gasteiger charge is 2.35. The summed E-state index contributed by atoms with van der Waals surface area (Å²) in [6.45, 7) is 5.36. The van der Waals surface area contributed by atoms with E-state index < -0.39 is 0 Å². The first kappa shape index (κ1) is 15.2. The summed E-state index contributed by atoms with van der Waals surface area (Å²) in [5.41, 5.74) is 1.39. The molecular formula is C17H21N5O2. The summed E-state index contributed by atoms with van der Waals surface area (Å²) in [4.78, 5) is 27.5. The number of carbonyl (C=O) groups excluding carboxylic acids is 1. The quantitative estimate of drug-likeness (QED) is 0.857. The van der Waals surface area contributed by atoms with Gasteiger partial charge in [0.25, 0.3) is 5.91 Å². The van der Waals surface area contributed by atoms with Crippen molar-refractivity contribution in [2.45, 2.75) is 50.9 Å². The first-order valence-electron chi connectivity index (χ1n) is 8.56. The van der Waals surface area contributed by atoms with Crippen LogP contribution >= 0.6 is 0 Å². The molecular weight excluding hydrogens is 306 g/mol. The van der Waals surface area contributed by atoms with Crippen molar-refractivity contribution in [3.63, 3.8) is 0 Å². The molecule has 7 nitrogen and oxygen atoms in total. The van der Waals surface area contributed by atoms with E-state index in [9.17, 15) is 4.79 Å². The zero-order valence-electron chi connectivity index (χ0n) is 14.0. The second-order valence-corrected chi connectivity index (χ2v) is 6.98. The summed E-state index contributed by atoms with van der Waals surface area (Å²) < 4.78 is 5.42. The fourth-order valence-corrected chi connectivity index (χ4v) is 3.20. The highest BCUT2D eigenvalue weighted by atomic mass is 16.5. The zero-order chi connectivity index (χ0) is 16.7. The van der Waals surface area contributed by atoms with Crippen LogP contribution in [0, 0.1) is 0 Å². The van der Waals surface area contributed by atoms with Crippen LogP contribution in [0.1, 0.15) is 78.6 Å². The molecule has 0 aromatic carbocycles. The van der Waals surface area contributed by atoms with Gasteiger partial charge in [-0.15, -0.1) is 0 Å². The van der Waals surface area contributed by atoms with Crippen molar-refractivity contribution in [1.82, 2.24) is 25.0 Å². The van der Waals surface area contributed by atoms with Gasteiger partial charge in [0, 0.05) is 25.2 Å². The fourth-order valence-electron chi connectivity index (χ4n) is 3.20. The van der Waals surface area contributed by atoms with Gasteiger partial charge in [0.15, 0.2) is 5.82 Å². The topological polar surface area (TPSA) is 85.0 Å². The smallest absolute Gasteiger partial charge is 0.257 e. The maximum Gasteiger partial charge on any atom is 0.257 e. The predicted molar refractivity (Wildman–Crippen MR) is 85.7 cm³/mol. The number of nitrogens with zero attached hydrogens (tertiary/aromatic N) is 5. The standard InChI is InChI=1S/C17H21N5O2/c1-10(2)14-13(7-18-9-19-14)17(23)22-6-5-12(8-22)16-20-15(21-24-16)11-3-4-11/h7,9-12H,3-6,8H2,1-2H3/t12-/m0/s1. The highest BCUT2D eigenvalue weighted by molar-refractivity contribution is 5.95. The summed E-state index contributed by atoms with van der Waals surface area (Å²) in [6, 6.07) is 0. The molecule has 0 radical (unpaired) electrons. The fraction of sp³-hybridized carbons (Fsp3) is 0.588. The molecule has 3 heterocycles. The number of likely N-dealkylation sites (tertiary alicyclic amines) is 1. The van der Waals surface area contributed by atoms with Crippen molar-refractivity contribution in [2.75, 3.05) is 13.1 Å². The minimum absolute atomic E-state index is 0.0104. The molecule has 0 unspecified atom stereocenters. The Labute approximate surface area is 140 Å². The van der Waals surface area contributed by atoms with Crippen LogP contribution in [-0.4, -0.2) is 44.0 Å². The van der Waals surface area contributed by atoms with E-state index in [2.05, 4.69) is 20.1 Å². The number of hydrogen-bond acceptors (Lipinski definition) is 6. The van der Waals surface area contributed by atoms with Crippen LogP contribution in [-0.2, 0) is 0 Å². The lowest BCUT2D eigenvalue weighted by Gasteiger charge is -2.18. The molecule has 2 aromatic rings. The largest absolute Gasteiger partial charge is 0.339 e. The molecule has 1 atom stereocenters. The van der Waals surface area contributed by atoms with E-state index in [1.807, 2.05) is 18.7 Å². The van der Waals surface area contributed by atoms with Gasteiger partial charge in [-0.3, -0.25) is 4.79 Å². The third kappa shape index (κ3) is 2.79. The van der Waals surface area contributed by atoms with Crippen molar-refractivity contribution >= 4 is 5.91 Å². The van der Waals surface area contributed by atoms with E-state index >= 15 is 0 Å². The first-order chi connectivity index (χ1) is 11.6. The van der Waals surface area contributed by atoms with Crippen molar-refractivity contribution in [3.8, 4) is 0 Å². The SMILES string of the molecule is CC(C)c1ncncc1C(=O)N1CC[C@H](c2nc(C3CC3)no2)C1. The molecule has 1 saturated carbocycles. The number of rotatable bonds is 4. The molecule has 2 aromatic heterocycles. The molecule has 0 N–H and O–H groups in total. The Kier molecular flexibility index (Phi) is 3.78. The molecule has 2 aliphatic rings. The molecule has 0 spiro atoms. The van der Waals surface area contributed by atoms with Crippen molar-refractivity contribution in [1.29, 1.82) is 0 Å². The van der Waals surface area contributed by atoms with Gasteiger partial charge >= 0.3 is 0 Å². The molecule has 1 saturated heterocycles. The Bertz CT molecular complexity index is 753. The van der Waals surface area contributed by atoms with Gasteiger partial charge in [-0.1, -0.05) is 19.0 Å². The zero-order valence-corrected chi connectivity index (χ0v) is 14.0. The summed E-state index contributed by atoms with van der Waals surface area (Å²) in [5, 5.41) is 4.08. The maximum absolute atomic E-state index is 12.9. The Morgan fingerprint density at radius 2 is 2.12 bits per heavy atom. The van der Waals surface area contributed by atoms with Crippen LogP contribution in [0.3, 0.4) is 0 Å². The van der Waals surface area contributed by atoms with E-state index in [0.29, 0.717) is 30.5 Å². The van der Waals surface area contributed by atoms with Gasteiger partial charge in [0.2, 0.25) is 5.89 Å². The van der Waals surface area contributed by atoms with Crippen LogP contribution in [0.25, 0.3) is 0 Å². The molecule has 126 valence electrons. The van der Waals surface area contributed by atoms with Crippen LogP contribution in [0.5, 0.6) is 0 Å². The monoisotopic (exact) mass is 327 g/mol. The second-order valence-electron chi connectivity index (χ2n) is 6.98. The summed E-state index contributed by atoms with van der Waals surface area (Å²) in [7, 11) is 0. The lowest BCUT2D eigenvalue weighted by molar-refractivity contribution is 0.0787. The van der Waals surface area contributed by atoms with E-state index in [0.717, 1.165) is 30.8 Å². The summed E-state index contributed by atoms with van der Waals surface area (Å²) in [5.74, 6) is 2.28. The molecule has 1 aliphatic heterocycles. The average Bonchev–Trinajstić information content (AvgIpc) is 3.12. The van der Waals surface area contributed by atoms with Gasteiger partial charge in [-0.2, -0.15) is 4.98 Å². The van der Waals surface area contributed by atoms with E-state index in [4.69, 9.17) is 4.52 Å². The summed E-state index contributed by atoms with van der Waals surface area (Å²) >= 11 is 0. The Balaban J connectivity index is 1.49. The van der Waals surface area contributed by atoms with Crippen molar-refractivity contribution in [3.05, 3.63) is 35.5 Å². The number of amides is 1. The van der Waals surface area contributed by atoms with Crippen LogP contribution in [0.15, 0.2) is 17.0 Å². The molecule has 0 bridgehead atoms. The third-order valence-electron chi connectivity index (χ3n) is 4.75. The van der Waals surface area contributed by atoms with E-state index in [1.165, 1.54) is 6.33 Å². The number of hydrogen-bond donors (Lipinski definition) is 0. The van der Waals surface area contributed by atoms with Crippen LogP contribution in [0.2, 0.25) is 0 Å². The summed E-state index contributed by atoms with van der Waals surface area (Å²) in [6.07, 6.45) is 6.27. The van der Waals surface area contributed by atoms with E-state index in [1.54, 1.807) is 6.20 Å². The molecule has 2 fully saturated rings. The number of aromatic nitrogens is 4. The van der Waals surface area contributed by atoms with Crippen molar-refractivity contribution in [2.24, 2.45) is 0 Å². The minimum Gasteiger partial charge on any atom is -0.339 e. The van der Waals surface area contributed by atoms with Gasteiger partial charge in [-0.25, -0.2) is 9.97 Å². The van der Waals surface area contributed by atoms with Crippen molar-refractivity contribution < 1.29 is 9.32 Å². The maximum atomic E-state index is 12.9. The predicted octanol–water partition coefficient (Wildman–Crippen LogP) is 2.49. The second kappa shape index (κ2) is 5.96. The molecule has 7 heteroatoms. The molecule has 24 heavy (non-hydrogen) atoms. The van der Waals surface area contributed by atoms with Crippen LogP contribution < -0.4 is 0 Å². The van der Waals surface area contributed by atoms with Gasteiger partial charge in [-0.05, 0) is 25.2 Å². The minimum atomic E-state index is -0.0104. The Hall–Kier alpha value is -2.31. The van der Waals surface area contributed by atoms with Gasteiger partial charge < -0.3 is 9.42 Å². The average molecular weight is 327 g/mol. The van der Waals surface area contributed by atoms with Crippen LogP contribution in [0.4, 0.5) is 0 Å². The Morgan fingerprint density at radius 1 is 1.29 bits per heavy atom. The molecule has 1 amide bonds. The molecule has 1 aliphatic carbocycles. The lowest BCUT2D eigenvalue weighted by atomic mass is 10.0. The van der Waals surface area contributed by atoms with E-state index in [-0.39, 0.29) is 17.7 Å². The number of carbonyl (C=O) groups is 1. The van der Waals surface area contributed by atoms with Gasteiger partial charge in [0.05, 0.1) is 17.2 Å². The lowest BCUT2D eigenvalue weighted by Crippen LogP contribution is -2.30. The Morgan fingerprint density at radius 3 is 2.88 bits per heavy atom. The normalized spacial score (nSPS) is 20.8. The van der Waals surface area contributed by atoms with Gasteiger partial charge in [0.1, 0.15) is 6.33 Å². The first-order valence-corrected chi connectivity index (χ1v) is 8.56. The third-order valence-corrected chi connectivity index (χ3v) is 4.75.